The molecule has 0 N–H and O–H groups in total. The number of benzene rings is 2. The molecular formula is C20H22N2O5S. The second kappa shape index (κ2) is 9.36. The fourth-order valence-electron chi connectivity index (χ4n) is 2.59. The van der Waals surface area contributed by atoms with Gasteiger partial charge in [0.1, 0.15) is 5.75 Å². The van der Waals surface area contributed by atoms with E-state index in [0.717, 1.165) is 11.3 Å². The largest absolute Gasteiger partial charge is 0.493 e. The first kappa shape index (κ1) is 19.9. The molecule has 0 saturated carbocycles. The summed E-state index contributed by atoms with van der Waals surface area (Å²) in [6, 6.07) is 11.5. The van der Waals surface area contributed by atoms with Gasteiger partial charge >= 0.3 is 0 Å². The summed E-state index contributed by atoms with van der Waals surface area (Å²) in [5.74, 6) is 3.50. The minimum atomic E-state index is 0.376. The predicted octanol–water partition coefficient (Wildman–Crippen LogP) is 4.24. The first-order valence-electron chi connectivity index (χ1n) is 8.61. The summed E-state index contributed by atoms with van der Waals surface area (Å²) in [6.45, 7) is 2.56. The van der Waals surface area contributed by atoms with Gasteiger partial charge in [0.2, 0.25) is 11.6 Å². The van der Waals surface area contributed by atoms with Crippen LogP contribution in [0.15, 0.2) is 46.0 Å². The van der Waals surface area contributed by atoms with Crippen LogP contribution in [0.25, 0.3) is 11.5 Å². The molecule has 2 aromatic carbocycles. The van der Waals surface area contributed by atoms with Crippen molar-refractivity contribution in [2.45, 2.75) is 12.1 Å². The molecule has 0 bridgehead atoms. The monoisotopic (exact) mass is 402 g/mol. The van der Waals surface area contributed by atoms with Crippen molar-refractivity contribution in [2.75, 3.05) is 33.7 Å². The quantitative estimate of drug-likeness (QED) is 0.389. The lowest BCUT2D eigenvalue weighted by atomic mass is 10.2. The number of aromatic nitrogens is 2. The number of rotatable bonds is 9. The molecule has 0 fully saturated rings. The first-order valence-corrected chi connectivity index (χ1v) is 9.60. The van der Waals surface area contributed by atoms with Gasteiger partial charge in [-0.2, -0.15) is 0 Å². The lowest BCUT2D eigenvalue weighted by Crippen LogP contribution is -2.01. The standard InChI is InChI=1S/C20H22N2O5S/c1-13-7-5-6-8-15(13)26-9-10-28-20-22-21-19(27-20)14-11-16(23-2)18(25-4)17(12-14)24-3/h5-8,11-12H,9-10H2,1-4H3. The van der Waals surface area contributed by atoms with Gasteiger partial charge in [-0.3, -0.25) is 0 Å². The minimum Gasteiger partial charge on any atom is -0.493 e. The average Bonchev–Trinajstić information content (AvgIpc) is 3.20. The van der Waals surface area contributed by atoms with E-state index in [1.165, 1.54) is 11.8 Å². The van der Waals surface area contributed by atoms with Gasteiger partial charge in [-0.1, -0.05) is 30.0 Å². The molecule has 0 atom stereocenters. The lowest BCUT2D eigenvalue weighted by molar-refractivity contribution is 0.324. The zero-order valence-electron chi connectivity index (χ0n) is 16.2. The SMILES string of the molecule is COc1cc(-c2nnc(SCCOc3ccccc3C)o2)cc(OC)c1OC. The number of aryl methyl sites for hydroxylation is 1. The topological polar surface area (TPSA) is 75.8 Å². The molecule has 7 nitrogen and oxygen atoms in total. The fourth-order valence-corrected chi connectivity index (χ4v) is 3.17. The van der Waals surface area contributed by atoms with Crippen molar-refractivity contribution in [3.05, 3.63) is 42.0 Å². The van der Waals surface area contributed by atoms with E-state index in [1.54, 1.807) is 33.5 Å². The van der Waals surface area contributed by atoms with E-state index < -0.39 is 0 Å². The van der Waals surface area contributed by atoms with Crippen LogP contribution in [0.2, 0.25) is 0 Å². The molecule has 1 aromatic heterocycles. The molecule has 8 heteroatoms. The third-order valence-electron chi connectivity index (χ3n) is 3.98. The van der Waals surface area contributed by atoms with Crippen LogP contribution < -0.4 is 18.9 Å². The molecule has 1 heterocycles. The molecule has 0 spiro atoms. The highest BCUT2D eigenvalue weighted by Gasteiger charge is 2.17. The van der Waals surface area contributed by atoms with Crippen LogP contribution in [-0.4, -0.2) is 43.9 Å². The van der Waals surface area contributed by atoms with Gasteiger partial charge in [-0.05, 0) is 30.7 Å². The molecule has 0 aliphatic rings. The van der Waals surface area contributed by atoms with E-state index >= 15 is 0 Å². The number of hydrogen-bond donors (Lipinski definition) is 0. The highest BCUT2D eigenvalue weighted by molar-refractivity contribution is 7.99. The number of ether oxygens (including phenoxy) is 4. The van der Waals surface area contributed by atoms with Crippen molar-refractivity contribution in [3.8, 4) is 34.5 Å². The normalized spacial score (nSPS) is 10.6. The Labute approximate surface area is 168 Å². The molecule has 0 saturated heterocycles. The van der Waals surface area contributed by atoms with Gasteiger partial charge in [0, 0.05) is 11.3 Å². The molecule has 3 rings (SSSR count). The smallest absolute Gasteiger partial charge is 0.276 e. The van der Waals surface area contributed by atoms with Crippen LogP contribution in [0.3, 0.4) is 0 Å². The summed E-state index contributed by atoms with van der Waals surface area (Å²) in [4.78, 5) is 0. The van der Waals surface area contributed by atoms with Gasteiger partial charge in [-0.25, -0.2) is 0 Å². The van der Waals surface area contributed by atoms with Crippen LogP contribution in [0.1, 0.15) is 5.56 Å². The highest BCUT2D eigenvalue weighted by atomic mass is 32.2. The number of thioether (sulfide) groups is 1. The van der Waals surface area contributed by atoms with Crippen molar-refractivity contribution < 1.29 is 23.4 Å². The maximum Gasteiger partial charge on any atom is 0.276 e. The van der Waals surface area contributed by atoms with Crippen LogP contribution in [0.4, 0.5) is 0 Å². The lowest BCUT2D eigenvalue weighted by Gasteiger charge is -2.12. The second-order valence-corrected chi connectivity index (χ2v) is 6.80. The highest BCUT2D eigenvalue weighted by Crippen LogP contribution is 2.41. The third kappa shape index (κ3) is 4.51. The molecule has 0 unspecified atom stereocenters. The number of nitrogens with zero attached hydrogens (tertiary/aromatic N) is 2. The summed E-state index contributed by atoms with van der Waals surface area (Å²) < 4.78 is 27.6. The van der Waals surface area contributed by atoms with E-state index in [1.807, 2.05) is 31.2 Å². The summed E-state index contributed by atoms with van der Waals surface area (Å²) in [5.41, 5.74) is 1.79. The van der Waals surface area contributed by atoms with Crippen LogP contribution >= 0.6 is 11.8 Å². The zero-order valence-corrected chi connectivity index (χ0v) is 17.0. The van der Waals surface area contributed by atoms with Crippen LogP contribution in [-0.2, 0) is 0 Å². The summed E-state index contributed by atoms with van der Waals surface area (Å²) in [6.07, 6.45) is 0. The number of hydrogen-bond acceptors (Lipinski definition) is 8. The van der Waals surface area contributed by atoms with Crippen molar-refractivity contribution in [1.82, 2.24) is 10.2 Å². The Morgan fingerprint density at radius 1 is 0.929 bits per heavy atom. The Kier molecular flexibility index (Phi) is 6.65. The molecule has 0 aliphatic carbocycles. The first-order chi connectivity index (χ1) is 13.7. The van der Waals surface area contributed by atoms with Gasteiger partial charge in [0.15, 0.2) is 11.5 Å². The number of methoxy groups -OCH3 is 3. The van der Waals surface area contributed by atoms with Gasteiger partial charge in [-0.15, -0.1) is 10.2 Å². The Balaban J connectivity index is 1.64. The van der Waals surface area contributed by atoms with Gasteiger partial charge in [0.25, 0.3) is 5.22 Å². The summed E-state index contributed by atoms with van der Waals surface area (Å²) >= 11 is 1.44. The van der Waals surface area contributed by atoms with E-state index in [-0.39, 0.29) is 0 Å². The maximum atomic E-state index is 5.78. The van der Waals surface area contributed by atoms with Crippen molar-refractivity contribution in [1.29, 1.82) is 0 Å². The molecular weight excluding hydrogens is 380 g/mol. The van der Waals surface area contributed by atoms with E-state index in [2.05, 4.69) is 10.2 Å². The predicted molar refractivity (Wildman–Crippen MR) is 107 cm³/mol. The molecule has 148 valence electrons. The molecule has 3 aromatic rings. The molecule has 0 amide bonds. The van der Waals surface area contributed by atoms with Crippen LogP contribution in [0, 0.1) is 6.92 Å². The van der Waals surface area contributed by atoms with E-state index in [4.69, 9.17) is 23.4 Å². The Morgan fingerprint density at radius 3 is 2.29 bits per heavy atom. The van der Waals surface area contributed by atoms with Crippen molar-refractivity contribution >= 4 is 11.8 Å². The van der Waals surface area contributed by atoms with Crippen molar-refractivity contribution in [3.63, 3.8) is 0 Å². The second-order valence-electron chi connectivity index (χ2n) is 5.75. The zero-order chi connectivity index (χ0) is 19.9. The fraction of sp³-hybridized carbons (Fsp3) is 0.300. The molecule has 0 radical (unpaired) electrons. The van der Waals surface area contributed by atoms with Crippen molar-refractivity contribution in [2.24, 2.45) is 0 Å². The Bertz CT molecular complexity index is 903. The number of para-hydroxylation sites is 1. The molecule has 0 aliphatic heterocycles. The maximum absolute atomic E-state index is 5.78. The third-order valence-corrected chi connectivity index (χ3v) is 4.76. The average molecular weight is 402 g/mol. The molecule has 28 heavy (non-hydrogen) atoms. The van der Waals surface area contributed by atoms with E-state index in [9.17, 15) is 0 Å². The Morgan fingerprint density at radius 2 is 1.64 bits per heavy atom. The van der Waals surface area contributed by atoms with Gasteiger partial charge < -0.3 is 23.4 Å². The van der Waals surface area contributed by atoms with E-state index in [0.29, 0.717) is 46.3 Å². The van der Waals surface area contributed by atoms with Crippen LogP contribution in [0.5, 0.6) is 23.0 Å². The summed E-state index contributed by atoms with van der Waals surface area (Å²) in [5, 5.41) is 8.67. The summed E-state index contributed by atoms with van der Waals surface area (Å²) in [7, 11) is 4.68. The van der Waals surface area contributed by atoms with Gasteiger partial charge in [0.05, 0.1) is 27.9 Å². The Hall–Kier alpha value is -2.87. The minimum absolute atomic E-state index is 0.376.